The molecule has 0 spiro atoms. The van der Waals surface area contributed by atoms with Crippen molar-refractivity contribution in [3.05, 3.63) is 6.33 Å². The van der Waals surface area contributed by atoms with Crippen molar-refractivity contribution in [1.82, 2.24) is 9.97 Å². The van der Waals surface area contributed by atoms with Crippen LogP contribution in [0.1, 0.15) is 52.4 Å². The Hall–Kier alpha value is -1.52. The smallest absolute Gasteiger partial charge is 0.204 e. The van der Waals surface area contributed by atoms with Crippen LogP contribution in [0.2, 0.25) is 0 Å². The van der Waals surface area contributed by atoms with Crippen molar-refractivity contribution in [3.8, 4) is 5.75 Å². The molecule has 0 unspecified atom stereocenters. The van der Waals surface area contributed by atoms with Crippen LogP contribution >= 0.6 is 0 Å². The van der Waals surface area contributed by atoms with Crippen LogP contribution in [-0.2, 0) is 0 Å². The first-order chi connectivity index (χ1) is 9.68. The van der Waals surface area contributed by atoms with Gasteiger partial charge in [-0.25, -0.2) is 9.97 Å². The third kappa shape index (κ3) is 3.52. The maximum Gasteiger partial charge on any atom is 0.204 e. The Kier molecular flexibility index (Phi) is 5.04. The molecule has 1 aromatic rings. The summed E-state index contributed by atoms with van der Waals surface area (Å²) in [7, 11) is 1.67. The molecule has 5 heteroatoms. The summed E-state index contributed by atoms with van der Waals surface area (Å²) in [6, 6.07) is 0. The molecule has 5 nitrogen and oxygen atoms in total. The molecule has 1 aromatic heterocycles. The van der Waals surface area contributed by atoms with Crippen LogP contribution in [-0.4, -0.2) is 29.2 Å². The highest BCUT2D eigenvalue weighted by Gasteiger charge is 2.28. The van der Waals surface area contributed by atoms with Gasteiger partial charge in [0.25, 0.3) is 0 Å². The van der Waals surface area contributed by atoms with E-state index < -0.39 is 0 Å². The van der Waals surface area contributed by atoms with Gasteiger partial charge in [-0.2, -0.15) is 0 Å². The van der Waals surface area contributed by atoms with Gasteiger partial charge >= 0.3 is 0 Å². The molecule has 112 valence electrons. The van der Waals surface area contributed by atoms with Gasteiger partial charge in [0.05, 0.1) is 7.11 Å². The second kappa shape index (κ2) is 6.77. The minimum Gasteiger partial charge on any atom is -0.490 e. The van der Waals surface area contributed by atoms with Crippen molar-refractivity contribution in [2.75, 3.05) is 24.3 Å². The predicted octanol–water partition coefficient (Wildman–Crippen LogP) is 3.44. The number of rotatable bonds is 6. The van der Waals surface area contributed by atoms with Crippen molar-refractivity contribution >= 4 is 11.6 Å². The second-order valence-corrected chi connectivity index (χ2v) is 5.78. The molecule has 0 aromatic carbocycles. The first kappa shape index (κ1) is 14.9. The maximum absolute atomic E-state index is 5.51. The lowest BCUT2D eigenvalue weighted by Gasteiger charge is -2.35. The molecule has 2 rings (SSSR count). The van der Waals surface area contributed by atoms with Gasteiger partial charge in [-0.3, -0.25) is 0 Å². The summed E-state index contributed by atoms with van der Waals surface area (Å²) in [4.78, 5) is 8.65. The fraction of sp³-hybridized carbons (Fsp3) is 0.733. The first-order valence-electron chi connectivity index (χ1n) is 7.59. The van der Waals surface area contributed by atoms with Crippen molar-refractivity contribution < 1.29 is 4.74 Å². The van der Waals surface area contributed by atoms with Crippen LogP contribution in [0.5, 0.6) is 5.75 Å². The molecule has 0 saturated heterocycles. The van der Waals surface area contributed by atoms with Gasteiger partial charge in [0, 0.05) is 12.1 Å². The van der Waals surface area contributed by atoms with E-state index in [0.29, 0.717) is 5.75 Å². The summed E-state index contributed by atoms with van der Waals surface area (Å²) in [5, 5.41) is 6.87. The zero-order chi connectivity index (χ0) is 14.4. The highest BCUT2D eigenvalue weighted by Crippen LogP contribution is 2.35. The Labute approximate surface area is 121 Å². The lowest BCUT2D eigenvalue weighted by molar-refractivity contribution is 0.345. The van der Waals surface area contributed by atoms with E-state index in [0.717, 1.165) is 24.6 Å². The Morgan fingerprint density at radius 1 is 1.20 bits per heavy atom. The normalized spacial score (nSPS) is 17.6. The van der Waals surface area contributed by atoms with E-state index in [2.05, 4.69) is 34.4 Å². The van der Waals surface area contributed by atoms with E-state index in [1.165, 1.54) is 32.1 Å². The third-order valence-electron chi connectivity index (χ3n) is 3.93. The zero-order valence-electron chi connectivity index (χ0n) is 12.8. The second-order valence-electron chi connectivity index (χ2n) is 5.78. The van der Waals surface area contributed by atoms with Crippen molar-refractivity contribution in [3.63, 3.8) is 0 Å². The summed E-state index contributed by atoms with van der Waals surface area (Å²) in [5.41, 5.74) is 0.113. The fourth-order valence-corrected chi connectivity index (χ4v) is 2.77. The minimum absolute atomic E-state index is 0.113. The summed E-state index contributed by atoms with van der Waals surface area (Å²) in [6.07, 6.45) is 8.88. The Morgan fingerprint density at radius 3 is 2.55 bits per heavy atom. The molecule has 1 saturated carbocycles. The molecular weight excluding hydrogens is 252 g/mol. The van der Waals surface area contributed by atoms with Gasteiger partial charge in [-0.15, -0.1) is 0 Å². The molecule has 0 aliphatic heterocycles. The molecule has 0 amide bonds. The summed E-state index contributed by atoms with van der Waals surface area (Å²) < 4.78 is 5.51. The Morgan fingerprint density at radius 2 is 1.90 bits per heavy atom. The average molecular weight is 278 g/mol. The standard InChI is InChI=1S/C15H26N4O/c1-4-10-16-13-12(20-3)14(18-11-17-13)19-15(2)8-6-5-7-9-15/h11H,4-10H2,1-3H3,(H2,16,17,18,19). The lowest BCUT2D eigenvalue weighted by atomic mass is 9.83. The molecule has 2 N–H and O–H groups in total. The van der Waals surface area contributed by atoms with Gasteiger partial charge in [0.15, 0.2) is 11.6 Å². The van der Waals surface area contributed by atoms with E-state index >= 15 is 0 Å². The molecule has 1 fully saturated rings. The average Bonchev–Trinajstić information content (AvgIpc) is 2.45. The van der Waals surface area contributed by atoms with Crippen LogP contribution in [0, 0.1) is 0 Å². The molecule has 0 atom stereocenters. The quantitative estimate of drug-likeness (QED) is 0.834. The molecule has 1 aliphatic carbocycles. The first-order valence-corrected chi connectivity index (χ1v) is 7.59. The maximum atomic E-state index is 5.51. The summed E-state index contributed by atoms with van der Waals surface area (Å²) >= 11 is 0. The minimum atomic E-state index is 0.113. The lowest BCUT2D eigenvalue weighted by Crippen LogP contribution is -2.37. The molecular formula is C15H26N4O. The zero-order valence-corrected chi connectivity index (χ0v) is 12.8. The number of hydrogen-bond donors (Lipinski definition) is 2. The van der Waals surface area contributed by atoms with Gasteiger partial charge in [0.2, 0.25) is 5.75 Å². The van der Waals surface area contributed by atoms with E-state index in [-0.39, 0.29) is 5.54 Å². The third-order valence-corrected chi connectivity index (χ3v) is 3.93. The number of methoxy groups -OCH3 is 1. The molecule has 1 heterocycles. The predicted molar refractivity (Wildman–Crippen MR) is 82.5 cm³/mol. The van der Waals surface area contributed by atoms with Gasteiger partial charge in [-0.05, 0) is 26.2 Å². The largest absolute Gasteiger partial charge is 0.490 e. The fourth-order valence-electron chi connectivity index (χ4n) is 2.77. The highest BCUT2D eigenvalue weighted by molar-refractivity contribution is 5.64. The van der Waals surface area contributed by atoms with Crippen LogP contribution in [0.4, 0.5) is 11.6 Å². The number of anilines is 2. The van der Waals surface area contributed by atoms with E-state index in [4.69, 9.17) is 4.74 Å². The monoisotopic (exact) mass is 278 g/mol. The van der Waals surface area contributed by atoms with Crippen molar-refractivity contribution in [1.29, 1.82) is 0 Å². The van der Waals surface area contributed by atoms with E-state index in [9.17, 15) is 0 Å². The van der Waals surface area contributed by atoms with Gasteiger partial charge in [0.1, 0.15) is 6.33 Å². The Balaban J connectivity index is 2.17. The molecule has 20 heavy (non-hydrogen) atoms. The van der Waals surface area contributed by atoms with E-state index in [1.807, 2.05) is 0 Å². The van der Waals surface area contributed by atoms with Crippen LogP contribution in [0.15, 0.2) is 6.33 Å². The number of nitrogens with one attached hydrogen (secondary N) is 2. The molecule has 0 bridgehead atoms. The van der Waals surface area contributed by atoms with Crippen molar-refractivity contribution in [2.24, 2.45) is 0 Å². The van der Waals surface area contributed by atoms with Crippen LogP contribution in [0.25, 0.3) is 0 Å². The van der Waals surface area contributed by atoms with Crippen LogP contribution in [0.3, 0.4) is 0 Å². The highest BCUT2D eigenvalue weighted by atomic mass is 16.5. The van der Waals surface area contributed by atoms with E-state index in [1.54, 1.807) is 13.4 Å². The number of nitrogens with zero attached hydrogens (tertiary/aromatic N) is 2. The number of aromatic nitrogens is 2. The SMILES string of the molecule is CCCNc1ncnc(NC2(C)CCCCC2)c1OC. The Bertz CT molecular complexity index is 430. The summed E-state index contributed by atoms with van der Waals surface area (Å²) in [6.45, 7) is 5.28. The van der Waals surface area contributed by atoms with Crippen LogP contribution < -0.4 is 15.4 Å². The van der Waals surface area contributed by atoms with Crippen molar-refractivity contribution in [2.45, 2.75) is 57.9 Å². The van der Waals surface area contributed by atoms with Gasteiger partial charge in [-0.1, -0.05) is 26.2 Å². The molecule has 0 radical (unpaired) electrons. The summed E-state index contributed by atoms with van der Waals surface area (Å²) in [5.74, 6) is 2.28. The number of hydrogen-bond acceptors (Lipinski definition) is 5. The number of ether oxygens (including phenoxy) is 1. The molecule has 1 aliphatic rings. The topological polar surface area (TPSA) is 59.1 Å². The van der Waals surface area contributed by atoms with Gasteiger partial charge < -0.3 is 15.4 Å².